The van der Waals surface area contributed by atoms with E-state index in [9.17, 15) is 10.1 Å². The van der Waals surface area contributed by atoms with Crippen molar-refractivity contribution in [3.05, 3.63) is 81.9 Å². The molecule has 0 fully saturated rings. The van der Waals surface area contributed by atoms with E-state index in [2.05, 4.69) is 19.1 Å². The van der Waals surface area contributed by atoms with Gasteiger partial charge in [-0.05, 0) is 17.5 Å². The second kappa shape index (κ2) is 7.84. The van der Waals surface area contributed by atoms with Crippen LogP contribution in [0.2, 0.25) is 0 Å². The van der Waals surface area contributed by atoms with E-state index in [0.717, 1.165) is 12.0 Å². The van der Waals surface area contributed by atoms with Crippen LogP contribution < -0.4 is 0 Å². The van der Waals surface area contributed by atoms with Crippen LogP contribution in [0.15, 0.2) is 60.7 Å². The SMILES string of the molecule is CC[C@H](S[C@@H](C[N+](=O)[O-])c1ccccc1)c1ccccc1. The van der Waals surface area contributed by atoms with Crippen molar-refractivity contribution < 1.29 is 4.92 Å². The maximum Gasteiger partial charge on any atom is 0.219 e. The monoisotopic (exact) mass is 301 g/mol. The molecule has 2 rings (SSSR count). The van der Waals surface area contributed by atoms with E-state index in [-0.39, 0.29) is 22.0 Å². The van der Waals surface area contributed by atoms with Crippen molar-refractivity contribution in [3.63, 3.8) is 0 Å². The van der Waals surface area contributed by atoms with Crippen LogP contribution in [-0.2, 0) is 0 Å². The Morgan fingerprint density at radius 2 is 1.43 bits per heavy atom. The number of benzene rings is 2. The number of nitrogens with zero attached hydrogens (tertiary/aromatic N) is 1. The molecule has 0 saturated carbocycles. The van der Waals surface area contributed by atoms with Gasteiger partial charge in [0.1, 0.15) is 0 Å². The van der Waals surface area contributed by atoms with Crippen molar-refractivity contribution in [1.29, 1.82) is 0 Å². The summed E-state index contributed by atoms with van der Waals surface area (Å²) in [5.74, 6) is 0. The molecule has 3 nitrogen and oxygen atoms in total. The molecule has 0 spiro atoms. The van der Waals surface area contributed by atoms with E-state index in [4.69, 9.17) is 0 Å². The Bertz CT molecular complexity index is 560. The van der Waals surface area contributed by atoms with Gasteiger partial charge in [-0.3, -0.25) is 10.1 Å². The number of hydrogen-bond donors (Lipinski definition) is 0. The smallest absolute Gasteiger partial charge is 0.219 e. The molecule has 0 N–H and O–H groups in total. The third kappa shape index (κ3) is 4.60. The Labute approximate surface area is 129 Å². The molecule has 0 heterocycles. The molecule has 2 atom stereocenters. The van der Waals surface area contributed by atoms with E-state index in [1.165, 1.54) is 5.56 Å². The Morgan fingerprint density at radius 1 is 0.952 bits per heavy atom. The standard InChI is InChI=1S/C17H19NO2S/c1-2-16(14-9-5-3-6-10-14)21-17(13-18(19)20)15-11-7-4-8-12-15/h3-12,16-17H,2,13H2,1H3/t16-,17-/m0/s1. The molecule has 0 radical (unpaired) electrons. The average molecular weight is 301 g/mol. The molecular weight excluding hydrogens is 282 g/mol. The molecule has 2 aromatic rings. The molecule has 0 unspecified atom stereocenters. The van der Waals surface area contributed by atoms with Crippen molar-refractivity contribution in [2.24, 2.45) is 0 Å². The Hall–Kier alpha value is -1.81. The molecule has 0 amide bonds. The maximum absolute atomic E-state index is 11.0. The third-order valence-corrected chi connectivity index (χ3v) is 5.04. The van der Waals surface area contributed by atoms with E-state index >= 15 is 0 Å². The van der Waals surface area contributed by atoms with Crippen LogP contribution in [0.3, 0.4) is 0 Å². The second-order valence-electron chi connectivity index (χ2n) is 4.86. The number of hydrogen-bond acceptors (Lipinski definition) is 3. The summed E-state index contributed by atoms with van der Waals surface area (Å²) in [5.41, 5.74) is 2.25. The van der Waals surface area contributed by atoms with Crippen LogP contribution in [0.4, 0.5) is 0 Å². The van der Waals surface area contributed by atoms with Crippen LogP contribution in [0.5, 0.6) is 0 Å². The van der Waals surface area contributed by atoms with E-state index in [1.54, 1.807) is 11.8 Å². The molecule has 0 bridgehead atoms. The first-order valence-electron chi connectivity index (χ1n) is 7.08. The molecule has 0 aliphatic rings. The van der Waals surface area contributed by atoms with Gasteiger partial charge in [-0.25, -0.2) is 0 Å². The molecule has 4 heteroatoms. The normalized spacial score (nSPS) is 13.6. The molecule has 0 saturated heterocycles. The molecule has 0 aromatic heterocycles. The summed E-state index contributed by atoms with van der Waals surface area (Å²) in [6.07, 6.45) is 0.954. The maximum atomic E-state index is 11.0. The number of rotatable bonds is 7. The summed E-state index contributed by atoms with van der Waals surface area (Å²) < 4.78 is 0. The largest absolute Gasteiger partial charge is 0.264 e. The fraction of sp³-hybridized carbons (Fsp3) is 0.294. The van der Waals surface area contributed by atoms with Gasteiger partial charge >= 0.3 is 0 Å². The summed E-state index contributed by atoms with van der Waals surface area (Å²) in [7, 11) is 0. The van der Waals surface area contributed by atoms with Gasteiger partial charge in [0, 0.05) is 10.2 Å². The van der Waals surface area contributed by atoms with Crippen molar-refractivity contribution in [2.75, 3.05) is 6.54 Å². The van der Waals surface area contributed by atoms with Gasteiger partial charge in [0.2, 0.25) is 6.54 Å². The van der Waals surface area contributed by atoms with E-state index < -0.39 is 0 Å². The van der Waals surface area contributed by atoms with Gasteiger partial charge in [-0.15, -0.1) is 11.8 Å². The van der Waals surface area contributed by atoms with Gasteiger partial charge in [0.15, 0.2) is 0 Å². The van der Waals surface area contributed by atoms with Crippen LogP contribution >= 0.6 is 11.8 Å². The number of thioether (sulfide) groups is 1. The summed E-state index contributed by atoms with van der Waals surface area (Å²) in [4.78, 5) is 10.8. The van der Waals surface area contributed by atoms with Gasteiger partial charge in [-0.1, -0.05) is 67.6 Å². The molecule has 21 heavy (non-hydrogen) atoms. The lowest BCUT2D eigenvalue weighted by molar-refractivity contribution is -0.479. The van der Waals surface area contributed by atoms with Crippen molar-refractivity contribution in [1.82, 2.24) is 0 Å². The highest BCUT2D eigenvalue weighted by atomic mass is 32.2. The average Bonchev–Trinajstić information content (AvgIpc) is 2.52. The summed E-state index contributed by atoms with van der Waals surface area (Å²) in [6, 6.07) is 20.0. The fourth-order valence-corrected chi connectivity index (χ4v) is 3.73. The van der Waals surface area contributed by atoms with Crippen molar-refractivity contribution in [2.45, 2.75) is 23.8 Å². The van der Waals surface area contributed by atoms with E-state index in [1.807, 2.05) is 48.5 Å². The summed E-state index contributed by atoms with van der Waals surface area (Å²) >= 11 is 1.68. The van der Waals surface area contributed by atoms with Crippen LogP contribution in [-0.4, -0.2) is 11.5 Å². The predicted molar refractivity (Wildman–Crippen MR) is 88.1 cm³/mol. The third-order valence-electron chi connectivity index (χ3n) is 3.36. The zero-order chi connectivity index (χ0) is 15.1. The molecular formula is C17H19NO2S. The zero-order valence-corrected chi connectivity index (χ0v) is 12.8. The highest BCUT2D eigenvalue weighted by Gasteiger charge is 2.23. The van der Waals surface area contributed by atoms with Crippen molar-refractivity contribution in [3.8, 4) is 0 Å². The van der Waals surface area contributed by atoms with Gasteiger partial charge in [0.05, 0.1) is 5.25 Å². The number of nitro groups is 1. The molecule has 2 aromatic carbocycles. The lowest BCUT2D eigenvalue weighted by Crippen LogP contribution is -2.11. The molecule has 0 aliphatic carbocycles. The van der Waals surface area contributed by atoms with Crippen LogP contribution in [0.1, 0.15) is 35.0 Å². The predicted octanol–water partition coefficient (Wildman–Crippen LogP) is 4.89. The first kappa shape index (κ1) is 15.6. The molecule has 110 valence electrons. The first-order valence-corrected chi connectivity index (χ1v) is 8.02. The van der Waals surface area contributed by atoms with Crippen LogP contribution in [0, 0.1) is 10.1 Å². The van der Waals surface area contributed by atoms with Gasteiger partial charge in [-0.2, -0.15) is 0 Å². The lowest BCUT2D eigenvalue weighted by Gasteiger charge is -2.20. The minimum Gasteiger partial charge on any atom is -0.264 e. The van der Waals surface area contributed by atoms with Gasteiger partial charge in [0.25, 0.3) is 0 Å². The highest BCUT2D eigenvalue weighted by molar-refractivity contribution is 7.99. The Morgan fingerprint density at radius 3 is 1.86 bits per heavy atom. The Balaban J connectivity index is 2.19. The topological polar surface area (TPSA) is 43.1 Å². The quantitative estimate of drug-likeness (QED) is 0.540. The Kier molecular flexibility index (Phi) is 5.81. The second-order valence-corrected chi connectivity index (χ2v) is 6.27. The minimum absolute atomic E-state index is 0.0436. The minimum atomic E-state index is -0.220. The summed E-state index contributed by atoms with van der Waals surface area (Å²) in [6.45, 7) is 2.08. The summed E-state index contributed by atoms with van der Waals surface area (Å²) in [5, 5.41) is 11.1. The van der Waals surface area contributed by atoms with Gasteiger partial charge < -0.3 is 0 Å². The van der Waals surface area contributed by atoms with Crippen molar-refractivity contribution >= 4 is 11.8 Å². The molecule has 0 aliphatic heterocycles. The lowest BCUT2D eigenvalue weighted by atomic mass is 10.1. The highest BCUT2D eigenvalue weighted by Crippen LogP contribution is 2.42. The fourth-order valence-electron chi connectivity index (χ4n) is 2.31. The van der Waals surface area contributed by atoms with Crippen LogP contribution in [0.25, 0.3) is 0 Å². The zero-order valence-electron chi connectivity index (χ0n) is 12.0. The first-order chi connectivity index (χ1) is 10.2. The van der Waals surface area contributed by atoms with E-state index in [0.29, 0.717) is 0 Å².